The number of aliphatic hydroxyl groups excluding tert-OH is 1. The number of hydrogen-bond donors (Lipinski definition) is 2. The zero-order valence-electron chi connectivity index (χ0n) is 4.63. The van der Waals surface area contributed by atoms with Crippen LogP contribution in [0.2, 0.25) is 0 Å². The van der Waals surface area contributed by atoms with Crippen LogP contribution >= 0.6 is 0 Å². The first-order chi connectivity index (χ1) is 3.66. The Kier molecular flexibility index (Phi) is 3.19. The van der Waals surface area contributed by atoms with Crippen LogP contribution in [0.1, 0.15) is 12.8 Å². The molecule has 47 valence electrons. The van der Waals surface area contributed by atoms with Crippen molar-refractivity contribution in [3.05, 3.63) is 6.92 Å². The molecule has 0 aromatic carbocycles. The van der Waals surface area contributed by atoms with Gasteiger partial charge in [-0.2, -0.15) is 0 Å². The van der Waals surface area contributed by atoms with E-state index in [-0.39, 0.29) is 6.42 Å². The van der Waals surface area contributed by atoms with Crippen molar-refractivity contribution >= 4 is 5.91 Å². The molecule has 0 aromatic rings. The van der Waals surface area contributed by atoms with Crippen molar-refractivity contribution in [1.29, 1.82) is 0 Å². The maximum absolute atomic E-state index is 10.0. The number of primary amides is 1. The van der Waals surface area contributed by atoms with E-state index in [1.807, 2.05) is 0 Å². The molecule has 1 radical (unpaired) electrons. The summed E-state index contributed by atoms with van der Waals surface area (Å²) in [4.78, 5) is 10.0. The SMILES string of the molecule is [CH2]CC(O)CC(N)=O. The maximum atomic E-state index is 10.0. The number of rotatable bonds is 3. The van der Waals surface area contributed by atoms with Gasteiger partial charge >= 0.3 is 0 Å². The molecule has 1 unspecified atom stereocenters. The van der Waals surface area contributed by atoms with Crippen molar-refractivity contribution in [1.82, 2.24) is 0 Å². The fourth-order valence-corrected chi connectivity index (χ4v) is 0.334. The lowest BCUT2D eigenvalue weighted by molar-refractivity contribution is -0.119. The van der Waals surface area contributed by atoms with Crippen molar-refractivity contribution in [2.24, 2.45) is 5.73 Å². The van der Waals surface area contributed by atoms with Gasteiger partial charge in [0.15, 0.2) is 0 Å². The number of amides is 1. The minimum Gasteiger partial charge on any atom is -0.393 e. The molecule has 3 N–H and O–H groups in total. The van der Waals surface area contributed by atoms with Gasteiger partial charge in [-0.1, -0.05) is 6.92 Å². The standard InChI is InChI=1S/C5H10NO2/c1-2-4(7)3-5(6)8/h4,7H,1-3H2,(H2,6,8). The molecule has 0 bridgehead atoms. The summed E-state index contributed by atoms with van der Waals surface area (Å²) in [6, 6.07) is 0. The van der Waals surface area contributed by atoms with Crippen LogP contribution in [0.15, 0.2) is 0 Å². The molecule has 0 spiro atoms. The Labute approximate surface area is 48.5 Å². The summed E-state index contributed by atoms with van der Waals surface area (Å²) < 4.78 is 0. The Morgan fingerprint density at radius 2 is 2.38 bits per heavy atom. The van der Waals surface area contributed by atoms with Crippen molar-refractivity contribution < 1.29 is 9.90 Å². The van der Waals surface area contributed by atoms with Gasteiger partial charge in [-0.3, -0.25) is 4.79 Å². The van der Waals surface area contributed by atoms with Crippen LogP contribution in [0, 0.1) is 6.92 Å². The molecule has 0 aliphatic heterocycles. The van der Waals surface area contributed by atoms with Crippen LogP contribution in [0.25, 0.3) is 0 Å². The van der Waals surface area contributed by atoms with E-state index in [9.17, 15) is 4.79 Å². The summed E-state index contributed by atoms with van der Waals surface area (Å²) in [6.07, 6.45) is -0.306. The van der Waals surface area contributed by atoms with Crippen molar-refractivity contribution in [2.45, 2.75) is 18.9 Å². The first-order valence-electron chi connectivity index (χ1n) is 2.42. The highest BCUT2D eigenvalue weighted by Gasteiger charge is 2.02. The Bertz CT molecular complexity index is 82.5. The first-order valence-corrected chi connectivity index (χ1v) is 2.42. The highest BCUT2D eigenvalue weighted by atomic mass is 16.3. The molecule has 0 heterocycles. The van der Waals surface area contributed by atoms with Crippen LogP contribution in [0.5, 0.6) is 0 Å². The first kappa shape index (κ1) is 7.43. The second-order valence-electron chi connectivity index (χ2n) is 1.61. The van der Waals surface area contributed by atoms with Crippen molar-refractivity contribution in [3.63, 3.8) is 0 Å². The predicted molar refractivity (Wildman–Crippen MR) is 29.8 cm³/mol. The smallest absolute Gasteiger partial charge is 0.220 e. The average molecular weight is 116 g/mol. The zero-order chi connectivity index (χ0) is 6.57. The third-order valence-electron chi connectivity index (χ3n) is 0.770. The predicted octanol–water partition coefficient (Wildman–Crippen LogP) is -0.553. The summed E-state index contributed by atoms with van der Waals surface area (Å²) in [6.45, 7) is 3.38. The quantitative estimate of drug-likeness (QED) is 0.519. The van der Waals surface area contributed by atoms with Crippen LogP contribution in [-0.2, 0) is 4.79 Å². The lowest BCUT2D eigenvalue weighted by Gasteiger charge is -2.00. The molecule has 3 heteroatoms. The second kappa shape index (κ2) is 3.43. The van der Waals surface area contributed by atoms with Gasteiger partial charge in [-0.25, -0.2) is 0 Å². The van der Waals surface area contributed by atoms with Gasteiger partial charge in [-0.05, 0) is 6.42 Å². The monoisotopic (exact) mass is 116 g/mol. The van der Waals surface area contributed by atoms with Gasteiger partial charge in [0.25, 0.3) is 0 Å². The van der Waals surface area contributed by atoms with Crippen LogP contribution in [0.3, 0.4) is 0 Å². The van der Waals surface area contributed by atoms with E-state index in [0.29, 0.717) is 6.42 Å². The minimum atomic E-state index is -0.660. The van der Waals surface area contributed by atoms with E-state index in [1.165, 1.54) is 0 Å². The van der Waals surface area contributed by atoms with E-state index in [1.54, 1.807) is 0 Å². The molecule has 3 nitrogen and oxygen atoms in total. The molecular formula is C5H10NO2. The fraction of sp³-hybridized carbons (Fsp3) is 0.600. The van der Waals surface area contributed by atoms with E-state index in [2.05, 4.69) is 6.92 Å². The normalized spacial score (nSPS) is 13.2. The maximum Gasteiger partial charge on any atom is 0.220 e. The Hall–Kier alpha value is -0.570. The second-order valence-corrected chi connectivity index (χ2v) is 1.61. The van der Waals surface area contributed by atoms with Crippen LogP contribution in [-0.4, -0.2) is 17.1 Å². The van der Waals surface area contributed by atoms with Gasteiger partial charge in [0.2, 0.25) is 5.91 Å². The molecule has 0 fully saturated rings. The molecule has 0 saturated carbocycles. The average Bonchev–Trinajstić information content (AvgIpc) is 1.65. The summed E-state index contributed by atoms with van der Waals surface area (Å²) in [7, 11) is 0. The fourth-order valence-electron chi connectivity index (χ4n) is 0.334. The third-order valence-corrected chi connectivity index (χ3v) is 0.770. The Morgan fingerprint density at radius 3 is 2.50 bits per heavy atom. The number of nitrogens with two attached hydrogens (primary N) is 1. The largest absolute Gasteiger partial charge is 0.393 e. The van der Waals surface area contributed by atoms with Gasteiger partial charge in [0.1, 0.15) is 0 Å². The summed E-state index contributed by atoms with van der Waals surface area (Å²) in [5.74, 6) is -0.485. The summed E-state index contributed by atoms with van der Waals surface area (Å²) >= 11 is 0. The van der Waals surface area contributed by atoms with Crippen LogP contribution < -0.4 is 5.73 Å². The molecule has 0 aromatic heterocycles. The van der Waals surface area contributed by atoms with Crippen molar-refractivity contribution in [2.75, 3.05) is 0 Å². The van der Waals surface area contributed by atoms with E-state index < -0.39 is 12.0 Å². The van der Waals surface area contributed by atoms with Gasteiger partial charge < -0.3 is 10.8 Å². The van der Waals surface area contributed by atoms with Crippen LogP contribution in [0.4, 0.5) is 0 Å². The molecular weight excluding hydrogens is 106 g/mol. The lowest BCUT2D eigenvalue weighted by atomic mass is 10.2. The summed E-state index contributed by atoms with van der Waals surface area (Å²) in [5, 5.41) is 8.67. The lowest BCUT2D eigenvalue weighted by Crippen LogP contribution is -2.18. The third kappa shape index (κ3) is 3.61. The number of aliphatic hydroxyl groups is 1. The van der Waals surface area contributed by atoms with Gasteiger partial charge in [0, 0.05) is 0 Å². The Balaban J connectivity index is 3.24. The molecule has 0 aliphatic rings. The zero-order valence-corrected chi connectivity index (χ0v) is 4.63. The minimum absolute atomic E-state index is 0.0174. The molecule has 0 saturated heterocycles. The topological polar surface area (TPSA) is 63.3 Å². The van der Waals surface area contributed by atoms with E-state index in [4.69, 9.17) is 10.8 Å². The number of hydrogen-bond acceptors (Lipinski definition) is 2. The highest BCUT2D eigenvalue weighted by Crippen LogP contribution is 1.92. The van der Waals surface area contributed by atoms with Crippen molar-refractivity contribution in [3.8, 4) is 0 Å². The Morgan fingerprint density at radius 1 is 1.88 bits per heavy atom. The highest BCUT2D eigenvalue weighted by molar-refractivity contribution is 5.74. The molecule has 1 atom stereocenters. The number of carbonyl (C=O) groups excluding carboxylic acids is 1. The van der Waals surface area contributed by atoms with E-state index >= 15 is 0 Å². The molecule has 0 aliphatic carbocycles. The van der Waals surface area contributed by atoms with Gasteiger partial charge in [-0.15, -0.1) is 0 Å². The van der Waals surface area contributed by atoms with E-state index in [0.717, 1.165) is 0 Å². The number of carbonyl (C=O) groups is 1. The molecule has 0 rings (SSSR count). The molecule has 8 heavy (non-hydrogen) atoms. The summed E-state index contributed by atoms with van der Waals surface area (Å²) in [5.41, 5.74) is 4.74. The molecule has 1 amide bonds. The van der Waals surface area contributed by atoms with Gasteiger partial charge in [0.05, 0.1) is 12.5 Å².